The predicted octanol–water partition coefficient (Wildman–Crippen LogP) is 2.18. The van der Waals surface area contributed by atoms with Crippen molar-refractivity contribution in [2.24, 2.45) is 0 Å². The van der Waals surface area contributed by atoms with Crippen LogP contribution in [0.25, 0.3) is 0 Å². The smallest absolute Gasteiger partial charge is 0.250 e. The monoisotopic (exact) mass is 278 g/mol. The van der Waals surface area contributed by atoms with Crippen LogP contribution in [0.2, 0.25) is 0 Å². The van der Waals surface area contributed by atoms with Crippen LogP contribution in [0.1, 0.15) is 25.7 Å². The van der Waals surface area contributed by atoms with E-state index in [0.29, 0.717) is 5.69 Å². The summed E-state index contributed by atoms with van der Waals surface area (Å²) in [7, 11) is 1.72. The Morgan fingerprint density at radius 2 is 2.00 bits per heavy atom. The molecule has 0 bridgehead atoms. The van der Waals surface area contributed by atoms with E-state index in [2.05, 4.69) is 5.32 Å². The normalized spacial score (nSPS) is 22.4. The molecule has 0 aliphatic heterocycles. The molecule has 2 atom stereocenters. The predicted molar refractivity (Wildman–Crippen MR) is 78.5 cm³/mol. The number of hydrogen-bond donors (Lipinski definition) is 2. The van der Waals surface area contributed by atoms with Gasteiger partial charge in [0.15, 0.2) is 0 Å². The molecule has 2 rings (SSSR count). The fourth-order valence-corrected chi connectivity index (χ4v) is 2.42. The van der Waals surface area contributed by atoms with Crippen LogP contribution in [0.5, 0.6) is 0 Å². The molecule has 0 spiro atoms. The minimum atomic E-state index is -0.144. The van der Waals surface area contributed by atoms with Gasteiger partial charge in [-0.2, -0.15) is 0 Å². The lowest BCUT2D eigenvalue weighted by molar-refractivity contribution is -0.124. The summed E-state index contributed by atoms with van der Waals surface area (Å²) in [6.07, 6.45) is 4.40. The van der Waals surface area contributed by atoms with Gasteiger partial charge >= 0.3 is 0 Å². The zero-order valence-corrected chi connectivity index (χ0v) is 11.8. The van der Waals surface area contributed by atoms with E-state index in [1.807, 2.05) is 0 Å². The first-order valence-electron chi connectivity index (χ1n) is 6.97. The lowest BCUT2D eigenvalue weighted by atomic mass is 9.95. The highest BCUT2D eigenvalue weighted by Crippen LogP contribution is 2.23. The van der Waals surface area contributed by atoms with Crippen LogP contribution >= 0.6 is 0 Å². The van der Waals surface area contributed by atoms with E-state index in [9.17, 15) is 4.79 Å². The summed E-state index contributed by atoms with van der Waals surface area (Å²) in [5.74, 6) is -0.144. The average Bonchev–Trinajstić information content (AvgIpc) is 2.48. The SMILES string of the molecule is COC1CCCC(OCC(=O)Nc2ccc(N)cc2)C1. The number of nitrogens with two attached hydrogens (primary N) is 1. The Morgan fingerprint density at radius 1 is 1.30 bits per heavy atom. The average molecular weight is 278 g/mol. The van der Waals surface area contributed by atoms with Crippen molar-refractivity contribution in [3.63, 3.8) is 0 Å². The molecular weight excluding hydrogens is 256 g/mol. The molecule has 1 aromatic carbocycles. The number of rotatable bonds is 5. The standard InChI is InChI=1S/C15H22N2O3/c1-19-13-3-2-4-14(9-13)20-10-15(18)17-12-7-5-11(16)6-8-12/h5-8,13-14H,2-4,9-10,16H2,1H3,(H,17,18). The third-order valence-corrected chi connectivity index (χ3v) is 3.56. The van der Waals surface area contributed by atoms with Crippen molar-refractivity contribution < 1.29 is 14.3 Å². The van der Waals surface area contributed by atoms with E-state index in [0.717, 1.165) is 31.4 Å². The summed E-state index contributed by atoms with van der Waals surface area (Å²) in [6, 6.07) is 7.05. The van der Waals surface area contributed by atoms with Gasteiger partial charge in [-0.3, -0.25) is 4.79 Å². The van der Waals surface area contributed by atoms with Crippen molar-refractivity contribution in [2.75, 3.05) is 24.8 Å². The van der Waals surface area contributed by atoms with Crippen molar-refractivity contribution in [1.82, 2.24) is 0 Å². The first kappa shape index (κ1) is 14.8. The molecule has 5 heteroatoms. The zero-order chi connectivity index (χ0) is 14.4. The molecular formula is C15H22N2O3. The van der Waals surface area contributed by atoms with Crippen LogP contribution in [-0.4, -0.2) is 31.8 Å². The van der Waals surface area contributed by atoms with E-state index in [1.165, 1.54) is 0 Å². The topological polar surface area (TPSA) is 73.6 Å². The summed E-state index contributed by atoms with van der Waals surface area (Å²) in [4.78, 5) is 11.8. The number of anilines is 2. The van der Waals surface area contributed by atoms with Crippen LogP contribution < -0.4 is 11.1 Å². The Bertz CT molecular complexity index is 433. The molecule has 0 aromatic heterocycles. The van der Waals surface area contributed by atoms with Gasteiger partial charge in [-0.25, -0.2) is 0 Å². The van der Waals surface area contributed by atoms with Crippen molar-refractivity contribution in [3.05, 3.63) is 24.3 Å². The molecule has 1 aliphatic rings. The number of hydrogen-bond acceptors (Lipinski definition) is 4. The second-order valence-electron chi connectivity index (χ2n) is 5.13. The summed E-state index contributed by atoms with van der Waals surface area (Å²) >= 11 is 0. The number of nitrogen functional groups attached to an aromatic ring is 1. The number of carbonyl (C=O) groups is 1. The molecule has 1 fully saturated rings. The highest BCUT2D eigenvalue weighted by molar-refractivity contribution is 5.91. The van der Waals surface area contributed by atoms with Crippen LogP contribution in [0.15, 0.2) is 24.3 Å². The van der Waals surface area contributed by atoms with Crippen LogP contribution in [0.4, 0.5) is 11.4 Å². The van der Waals surface area contributed by atoms with E-state index in [-0.39, 0.29) is 24.7 Å². The van der Waals surface area contributed by atoms with Gasteiger partial charge in [0.25, 0.3) is 0 Å². The Morgan fingerprint density at radius 3 is 2.70 bits per heavy atom. The maximum absolute atomic E-state index is 11.8. The van der Waals surface area contributed by atoms with Crippen LogP contribution in [-0.2, 0) is 14.3 Å². The fraction of sp³-hybridized carbons (Fsp3) is 0.533. The lowest BCUT2D eigenvalue weighted by Gasteiger charge is -2.27. The van der Waals surface area contributed by atoms with Gasteiger partial charge in [0, 0.05) is 18.5 Å². The summed E-state index contributed by atoms with van der Waals surface area (Å²) in [5, 5.41) is 2.78. The largest absolute Gasteiger partial charge is 0.399 e. The lowest BCUT2D eigenvalue weighted by Crippen LogP contribution is -2.30. The number of ether oxygens (including phenoxy) is 2. The second kappa shape index (κ2) is 7.26. The number of nitrogens with one attached hydrogen (secondary N) is 1. The van der Waals surface area contributed by atoms with Gasteiger partial charge in [-0.1, -0.05) is 0 Å². The molecule has 3 N–H and O–H groups in total. The highest BCUT2D eigenvalue weighted by atomic mass is 16.5. The molecule has 5 nitrogen and oxygen atoms in total. The molecule has 0 radical (unpaired) electrons. The van der Waals surface area contributed by atoms with E-state index in [1.54, 1.807) is 31.4 Å². The minimum Gasteiger partial charge on any atom is -0.399 e. The van der Waals surface area contributed by atoms with Gasteiger partial charge in [0.1, 0.15) is 6.61 Å². The third-order valence-electron chi connectivity index (χ3n) is 3.56. The van der Waals surface area contributed by atoms with Gasteiger partial charge in [0.2, 0.25) is 5.91 Å². The molecule has 2 unspecified atom stereocenters. The van der Waals surface area contributed by atoms with E-state index in [4.69, 9.17) is 15.2 Å². The van der Waals surface area contributed by atoms with Crippen LogP contribution in [0.3, 0.4) is 0 Å². The van der Waals surface area contributed by atoms with E-state index < -0.39 is 0 Å². The van der Waals surface area contributed by atoms with Crippen molar-refractivity contribution in [3.8, 4) is 0 Å². The molecule has 1 aromatic rings. The van der Waals surface area contributed by atoms with E-state index >= 15 is 0 Å². The highest BCUT2D eigenvalue weighted by Gasteiger charge is 2.22. The Labute approximate surface area is 119 Å². The summed E-state index contributed by atoms with van der Waals surface area (Å²) < 4.78 is 11.0. The third kappa shape index (κ3) is 4.51. The van der Waals surface area contributed by atoms with Gasteiger partial charge in [0.05, 0.1) is 12.2 Å². The zero-order valence-electron chi connectivity index (χ0n) is 11.8. The first-order chi connectivity index (χ1) is 9.67. The number of carbonyl (C=O) groups excluding carboxylic acids is 1. The minimum absolute atomic E-state index is 0.0749. The van der Waals surface area contributed by atoms with Gasteiger partial charge < -0.3 is 20.5 Å². The molecule has 1 aliphatic carbocycles. The molecule has 110 valence electrons. The Kier molecular flexibility index (Phi) is 5.38. The second-order valence-corrected chi connectivity index (χ2v) is 5.13. The Hall–Kier alpha value is -1.59. The maximum Gasteiger partial charge on any atom is 0.250 e. The molecule has 0 saturated heterocycles. The summed E-state index contributed by atoms with van der Waals surface area (Å²) in [6.45, 7) is 0.0749. The number of amides is 1. The molecule has 20 heavy (non-hydrogen) atoms. The maximum atomic E-state index is 11.8. The van der Waals surface area contributed by atoms with Gasteiger partial charge in [-0.15, -0.1) is 0 Å². The number of benzene rings is 1. The first-order valence-corrected chi connectivity index (χ1v) is 6.97. The van der Waals surface area contributed by atoms with Crippen molar-refractivity contribution in [2.45, 2.75) is 37.9 Å². The van der Waals surface area contributed by atoms with Crippen molar-refractivity contribution >= 4 is 17.3 Å². The number of methoxy groups -OCH3 is 1. The van der Waals surface area contributed by atoms with Gasteiger partial charge in [-0.05, 0) is 49.9 Å². The fourth-order valence-electron chi connectivity index (χ4n) is 2.42. The molecule has 0 heterocycles. The van der Waals surface area contributed by atoms with Crippen molar-refractivity contribution in [1.29, 1.82) is 0 Å². The summed E-state index contributed by atoms with van der Waals surface area (Å²) in [5.41, 5.74) is 6.99. The van der Waals surface area contributed by atoms with Crippen LogP contribution in [0, 0.1) is 0 Å². The quantitative estimate of drug-likeness (QED) is 0.810. The molecule has 1 saturated carbocycles. The molecule has 1 amide bonds. The Balaban J connectivity index is 1.73.